The summed E-state index contributed by atoms with van der Waals surface area (Å²) in [6, 6.07) is 15.4. The van der Waals surface area contributed by atoms with Crippen LogP contribution in [0.5, 0.6) is 0 Å². The van der Waals surface area contributed by atoms with E-state index in [4.69, 9.17) is 33.0 Å². The zero-order valence-corrected chi connectivity index (χ0v) is 38.2. The number of nitrogens with zero attached hydrogens (tertiary/aromatic N) is 2. The van der Waals surface area contributed by atoms with Gasteiger partial charge in [-0.25, -0.2) is 0 Å². The highest BCUT2D eigenvalue weighted by Gasteiger charge is 2.39. The molecule has 0 aromatic heterocycles. The molecule has 0 spiro atoms. The van der Waals surface area contributed by atoms with Gasteiger partial charge < -0.3 is 40.9 Å². The van der Waals surface area contributed by atoms with Crippen molar-refractivity contribution in [3.63, 3.8) is 0 Å². The molecule has 2 saturated carbocycles. The van der Waals surface area contributed by atoms with Crippen LogP contribution in [0.1, 0.15) is 108 Å². The van der Waals surface area contributed by atoms with Crippen molar-refractivity contribution in [1.29, 1.82) is 0 Å². The van der Waals surface area contributed by atoms with E-state index in [-0.39, 0.29) is 72.7 Å². The SMILES string of the molecule is CC(NC(=O)CCC(=O)NC1CCC(Cc2cccc(Cl)c2)(N(C)C)CC1)C(=O)O.CN(C)C1(Cc2cccc(Cl)c2)CCC(NC(=O)CCC(=O)NCC2CCCO2)CC1. The number of carbonyl (C=O) groups is 5. The Morgan fingerprint density at radius 2 is 1.15 bits per heavy atom. The Morgan fingerprint density at radius 1 is 0.705 bits per heavy atom. The van der Waals surface area contributed by atoms with Gasteiger partial charge in [0.05, 0.1) is 6.10 Å². The normalized spacial score (nSPS) is 24.2. The topological polar surface area (TPSA) is 169 Å². The third kappa shape index (κ3) is 16.5. The number of carboxylic acids is 1. The van der Waals surface area contributed by atoms with Gasteiger partial charge in [0.15, 0.2) is 0 Å². The zero-order valence-electron chi connectivity index (χ0n) is 36.7. The van der Waals surface area contributed by atoms with Gasteiger partial charge in [-0.3, -0.25) is 24.0 Å². The highest BCUT2D eigenvalue weighted by atomic mass is 35.5. The van der Waals surface area contributed by atoms with E-state index in [1.165, 1.54) is 18.1 Å². The number of carboxylic acid groups (broad SMARTS) is 1. The summed E-state index contributed by atoms with van der Waals surface area (Å²) in [6.45, 7) is 2.71. The van der Waals surface area contributed by atoms with Gasteiger partial charge in [0.2, 0.25) is 23.6 Å². The summed E-state index contributed by atoms with van der Waals surface area (Å²) in [5.41, 5.74) is 2.56. The van der Waals surface area contributed by atoms with Crippen molar-refractivity contribution < 1.29 is 33.8 Å². The number of carbonyl (C=O) groups excluding carboxylic acids is 4. The number of halogens is 2. The van der Waals surface area contributed by atoms with Crippen LogP contribution in [0.2, 0.25) is 10.0 Å². The van der Waals surface area contributed by atoms with Gasteiger partial charge in [-0.05, 0) is 148 Å². The second-order valence-corrected chi connectivity index (χ2v) is 18.5. The molecule has 5 N–H and O–H groups in total. The average molecular weight is 888 g/mol. The quantitative estimate of drug-likeness (QED) is 0.122. The summed E-state index contributed by atoms with van der Waals surface area (Å²) < 4.78 is 5.50. The molecular weight excluding hydrogens is 819 g/mol. The summed E-state index contributed by atoms with van der Waals surface area (Å²) in [5.74, 6) is -1.83. The number of ether oxygens (including phenoxy) is 1. The first-order valence-electron chi connectivity index (χ1n) is 21.8. The van der Waals surface area contributed by atoms with Gasteiger partial charge >= 0.3 is 5.97 Å². The Balaban J connectivity index is 0.000000269. The van der Waals surface area contributed by atoms with E-state index >= 15 is 0 Å². The lowest BCUT2D eigenvalue weighted by Gasteiger charge is -2.45. The highest BCUT2D eigenvalue weighted by molar-refractivity contribution is 6.30. The van der Waals surface area contributed by atoms with Crippen LogP contribution >= 0.6 is 23.2 Å². The first-order valence-corrected chi connectivity index (χ1v) is 22.6. The number of nitrogens with one attached hydrogen (secondary N) is 4. The Kier molecular flexibility index (Phi) is 19.8. The smallest absolute Gasteiger partial charge is 0.325 e. The predicted molar refractivity (Wildman–Crippen MR) is 240 cm³/mol. The van der Waals surface area contributed by atoms with Crippen molar-refractivity contribution in [2.45, 2.75) is 145 Å². The summed E-state index contributed by atoms with van der Waals surface area (Å²) in [6.07, 6.45) is 12.1. The Bertz CT molecular complexity index is 1750. The Labute approximate surface area is 372 Å². The number of likely N-dealkylation sites (N-methyl/N-ethyl adjacent to an activating group) is 2. The van der Waals surface area contributed by atoms with Crippen LogP contribution in [0.3, 0.4) is 0 Å². The minimum absolute atomic E-state index is 0.0213. The van der Waals surface area contributed by atoms with Crippen molar-refractivity contribution >= 4 is 52.8 Å². The number of hydrogen-bond donors (Lipinski definition) is 5. The standard InChI is InChI=1S/C24H36ClN3O3.C22H32ClN3O4/c1-28(2)24(16-18-5-3-6-19(25)15-18)12-10-20(11-13-24)27-23(30)9-8-22(29)26-17-21-7-4-14-31-21;1-15(21(29)30)24-19(27)7-8-20(28)25-18-9-11-22(12-10-18,26(2)3)14-16-5-4-6-17(23)13-16/h3,5-6,15,20-21H,4,7-14,16-17H2,1-2H3,(H,26,29)(H,27,30);4-6,13,15,18H,7-12,14H2,1-3H3,(H,24,27)(H,25,28)(H,29,30). The zero-order chi connectivity index (χ0) is 44.6. The third-order valence-corrected chi connectivity index (χ3v) is 13.2. The van der Waals surface area contributed by atoms with Gasteiger partial charge in [0.25, 0.3) is 0 Å². The van der Waals surface area contributed by atoms with Crippen LogP contribution in [0.25, 0.3) is 0 Å². The van der Waals surface area contributed by atoms with Crippen LogP contribution in [0, 0.1) is 0 Å². The molecule has 15 heteroatoms. The molecule has 2 unspecified atom stereocenters. The summed E-state index contributed by atoms with van der Waals surface area (Å²) in [4.78, 5) is 63.7. The molecule has 5 rings (SSSR count). The van der Waals surface area contributed by atoms with E-state index in [2.05, 4.69) is 71.4 Å². The molecule has 2 aromatic carbocycles. The van der Waals surface area contributed by atoms with Gasteiger partial charge in [-0.2, -0.15) is 0 Å². The van der Waals surface area contributed by atoms with Crippen molar-refractivity contribution in [1.82, 2.24) is 31.1 Å². The van der Waals surface area contributed by atoms with E-state index in [9.17, 15) is 24.0 Å². The molecule has 4 amide bonds. The first kappa shape index (κ1) is 49.9. The van der Waals surface area contributed by atoms with Crippen LogP contribution in [-0.2, 0) is 41.6 Å². The minimum Gasteiger partial charge on any atom is -0.480 e. The fraction of sp³-hybridized carbons (Fsp3) is 0.630. The van der Waals surface area contributed by atoms with E-state index in [0.29, 0.717) is 6.54 Å². The first-order chi connectivity index (χ1) is 29.0. The lowest BCUT2D eigenvalue weighted by Crippen LogP contribution is -2.52. The third-order valence-electron chi connectivity index (χ3n) is 12.8. The number of benzene rings is 2. The lowest BCUT2D eigenvalue weighted by atomic mass is 9.75. The van der Waals surface area contributed by atoms with E-state index < -0.39 is 17.9 Å². The van der Waals surface area contributed by atoms with Crippen molar-refractivity contribution in [3.8, 4) is 0 Å². The number of hydrogen-bond acceptors (Lipinski definition) is 8. The molecule has 61 heavy (non-hydrogen) atoms. The van der Waals surface area contributed by atoms with E-state index in [1.807, 2.05) is 36.4 Å². The molecule has 13 nitrogen and oxygen atoms in total. The predicted octanol–water partition coefficient (Wildman–Crippen LogP) is 5.93. The van der Waals surface area contributed by atoms with Gasteiger partial charge in [-0.15, -0.1) is 0 Å². The number of amides is 4. The minimum atomic E-state index is -1.10. The summed E-state index contributed by atoms with van der Waals surface area (Å²) in [5, 5.41) is 21.7. The van der Waals surface area contributed by atoms with Gasteiger partial charge in [-0.1, -0.05) is 47.5 Å². The molecule has 2 aliphatic carbocycles. The van der Waals surface area contributed by atoms with Crippen molar-refractivity contribution in [2.24, 2.45) is 0 Å². The summed E-state index contributed by atoms with van der Waals surface area (Å²) >= 11 is 12.3. The molecule has 338 valence electrons. The molecule has 2 atom stereocenters. The van der Waals surface area contributed by atoms with Gasteiger partial charge in [0.1, 0.15) is 6.04 Å². The molecule has 3 aliphatic rings. The fourth-order valence-electron chi connectivity index (χ4n) is 8.77. The van der Waals surface area contributed by atoms with Crippen molar-refractivity contribution in [3.05, 3.63) is 69.7 Å². The van der Waals surface area contributed by atoms with Crippen molar-refractivity contribution in [2.75, 3.05) is 41.3 Å². The van der Waals surface area contributed by atoms with Crippen LogP contribution < -0.4 is 21.3 Å². The molecule has 3 fully saturated rings. The van der Waals surface area contributed by atoms with E-state index in [0.717, 1.165) is 93.7 Å². The maximum Gasteiger partial charge on any atom is 0.325 e. The molecular formula is C46H68Cl2N6O7. The molecule has 1 heterocycles. The monoisotopic (exact) mass is 886 g/mol. The fourth-order valence-corrected chi connectivity index (χ4v) is 9.19. The number of aliphatic carboxylic acids is 1. The molecule has 2 aromatic rings. The van der Waals surface area contributed by atoms with Crippen LogP contribution in [0.4, 0.5) is 0 Å². The lowest BCUT2D eigenvalue weighted by molar-refractivity contribution is -0.141. The Hall–Kier alpha value is -3.75. The Morgan fingerprint density at radius 3 is 1.54 bits per heavy atom. The van der Waals surface area contributed by atoms with Gasteiger partial charge in [0, 0.05) is 72.0 Å². The molecule has 1 aliphatic heterocycles. The maximum absolute atomic E-state index is 12.4. The van der Waals surface area contributed by atoms with Crippen LogP contribution in [0.15, 0.2) is 48.5 Å². The summed E-state index contributed by atoms with van der Waals surface area (Å²) in [7, 11) is 8.47. The molecule has 1 saturated heterocycles. The largest absolute Gasteiger partial charge is 0.480 e. The molecule has 0 bridgehead atoms. The maximum atomic E-state index is 12.4. The van der Waals surface area contributed by atoms with Crippen LogP contribution in [-0.4, -0.2) is 121 Å². The number of rotatable bonds is 18. The highest BCUT2D eigenvalue weighted by Crippen LogP contribution is 2.37. The van der Waals surface area contributed by atoms with E-state index in [1.54, 1.807) is 0 Å². The average Bonchev–Trinajstić information content (AvgIpc) is 3.74. The molecule has 0 radical (unpaired) electrons. The second-order valence-electron chi connectivity index (χ2n) is 17.6. The second kappa shape index (κ2) is 24.2.